The van der Waals surface area contributed by atoms with E-state index in [9.17, 15) is 4.79 Å². The van der Waals surface area contributed by atoms with E-state index in [0.717, 1.165) is 16.7 Å². The second-order valence-corrected chi connectivity index (χ2v) is 6.88. The molecule has 0 aliphatic rings. The van der Waals surface area contributed by atoms with Crippen molar-refractivity contribution in [2.45, 2.75) is 0 Å². The van der Waals surface area contributed by atoms with Gasteiger partial charge >= 0.3 is 0 Å². The van der Waals surface area contributed by atoms with E-state index in [4.69, 9.17) is 16.3 Å². The number of halogens is 1. The van der Waals surface area contributed by atoms with E-state index >= 15 is 0 Å². The van der Waals surface area contributed by atoms with Crippen molar-refractivity contribution in [3.63, 3.8) is 0 Å². The van der Waals surface area contributed by atoms with Crippen molar-refractivity contribution in [1.29, 1.82) is 0 Å². The lowest BCUT2D eigenvalue weighted by Gasteiger charge is -2.11. The molecule has 29 heavy (non-hydrogen) atoms. The number of fused-ring (bicyclic) bond motifs is 1. The van der Waals surface area contributed by atoms with Crippen LogP contribution in [0.25, 0.3) is 11.0 Å². The zero-order chi connectivity index (χ0) is 20.4. The van der Waals surface area contributed by atoms with E-state index in [1.165, 1.54) is 4.90 Å². The van der Waals surface area contributed by atoms with Crippen molar-refractivity contribution in [2.75, 3.05) is 17.3 Å². The number of aryl methyl sites for hydroxylation is 1. The topological polar surface area (TPSA) is 72.3 Å². The van der Waals surface area contributed by atoms with Crippen molar-refractivity contribution in [2.24, 2.45) is 7.05 Å². The number of imidazole rings is 1. The smallest absolute Gasteiger partial charge is 0.215 e. The normalized spacial score (nSPS) is 10.7. The molecule has 2 heterocycles. The highest BCUT2D eigenvalue weighted by Gasteiger charge is 2.10. The van der Waals surface area contributed by atoms with Crippen molar-refractivity contribution in [3.8, 4) is 11.5 Å². The minimum absolute atomic E-state index is 0.504. The van der Waals surface area contributed by atoms with Crippen LogP contribution in [-0.2, 0) is 11.8 Å². The fourth-order valence-corrected chi connectivity index (χ4v) is 3.09. The van der Waals surface area contributed by atoms with Gasteiger partial charge in [-0.05, 0) is 36.4 Å². The summed E-state index contributed by atoms with van der Waals surface area (Å²) in [6.45, 7) is 0. The number of nitrogens with zero attached hydrogens (tertiary/aromatic N) is 4. The second-order valence-electron chi connectivity index (χ2n) is 6.45. The fourth-order valence-electron chi connectivity index (χ4n) is 2.90. The first-order valence-electron chi connectivity index (χ1n) is 8.84. The molecule has 0 aliphatic carbocycles. The highest BCUT2D eigenvalue weighted by molar-refractivity contribution is 6.30. The van der Waals surface area contributed by atoms with E-state index in [-0.39, 0.29) is 0 Å². The number of hydrogen-bond donors (Lipinski definition) is 1. The van der Waals surface area contributed by atoms with Crippen LogP contribution in [0.2, 0.25) is 5.02 Å². The predicted molar refractivity (Wildman–Crippen MR) is 114 cm³/mol. The maximum atomic E-state index is 10.9. The first kappa shape index (κ1) is 18.8. The molecular weight excluding hydrogens is 390 g/mol. The third-order valence-corrected chi connectivity index (χ3v) is 4.64. The Morgan fingerprint density at radius 2 is 1.97 bits per heavy atom. The van der Waals surface area contributed by atoms with Gasteiger partial charge in [0.05, 0.1) is 11.0 Å². The van der Waals surface area contributed by atoms with Gasteiger partial charge in [-0.15, -0.1) is 0 Å². The number of pyridine rings is 1. The van der Waals surface area contributed by atoms with Gasteiger partial charge in [-0.1, -0.05) is 17.7 Å². The van der Waals surface area contributed by atoms with Gasteiger partial charge in [-0.3, -0.25) is 4.79 Å². The number of carbonyl (C=O) groups is 1. The molecule has 0 fully saturated rings. The molecule has 0 saturated carbocycles. The highest BCUT2D eigenvalue weighted by atomic mass is 35.5. The molecule has 0 bridgehead atoms. The minimum atomic E-state index is 0.504. The van der Waals surface area contributed by atoms with E-state index in [2.05, 4.69) is 15.3 Å². The van der Waals surface area contributed by atoms with Crippen molar-refractivity contribution in [1.82, 2.24) is 14.5 Å². The molecule has 0 saturated heterocycles. The molecule has 7 nitrogen and oxygen atoms in total. The SMILES string of the molecule is CN(C=O)c1cc(Oc2ccc3c(c2)nc(Nc2cccc(Cl)c2)n3C)ccn1. The predicted octanol–water partition coefficient (Wildman–Crippen LogP) is 4.75. The summed E-state index contributed by atoms with van der Waals surface area (Å²) < 4.78 is 7.90. The zero-order valence-corrected chi connectivity index (χ0v) is 16.6. The maximum Gasteiger partial charge on any atom is 0.215 e. The summed E-state index contributed by atoms with van der Waals surface area (Å²) >= 11 is 6.06. The third kappa shape index (κ3) is 4.00. The number of anilines is 3. The number of hydrogen-bond acceptors (Lipinski definition) is 5. The Labute approximate surface area is 172 Å². The highest BCUT2D eigenvalue weighted by Crippen LogP contribution is 2.29. The summed E-state index contributed by atoms with van der Waals surface area (Å²) in [5, 5.41) is 3.93. The number of amides is 1. The summed E-state index contributed by atoms with van der Waals surface area (Å²) in [6.07, 6.45) is 2.29. The number of benzene rings is 2. The van der Waals surface area contributed by atoms with E-state index in [1.54, 1.807) is 25.4 Å². The molecule has 146 valence electrons. The molecular formula is C21H18ClN5O2. The Morgan fingerprint density at radius 3 is 2.76 bits per heavy atom. The number of carbonyl (C=O) groups excluding carboxylic acids is 1. The van der Waals surface area contributed by atoms with E-state index < -0.39 is 0 Å². The summed E-state index contributed by atoms with van der Waals surface area (Å²) in [7, 11) is 3.57. The molecule has 4 aromatic rings. The van der Waals surface area contributed by atoms with Crippen LogP contribution < -0.4 is 15.0 Å². The first-order valence-corrected chi connectivity index (χ1v) is 9.22. The average Bonchev–Trinajstić information content (AvgIpc) is 3.02. The van der Waals surface area contributed by atoms with Gasteiger partial charge in [-0.2, -0.15) is 0 Å². The Hall–Kier alpha value is -3.58. The van der Waals surface area contributed by atoms with Gasteiger partial charge < -0.3 is 19.5 Å². The Morgan fingerprint density at radius 1 is 1.14 bits per heavy atom. The number of rotatable bonds is 6. The van der Waals surface area contributed by atoms with Crippen LogP contribution in [0.1, 0.15) is 0 Å². The van der Waals surface area contributed by atoms with E-state index in [1.807, 2.05) is 54.1 Å². The van der Waals surface area contributed by atoms with Crippen LogP contribution in [-0.4, -0.2) is 28.0 Å². The van der Waals surface area contributed by atoms with E-state index in [0.29, 0.717) is 34.7 Å². The van der Waals surface area contributed by atoms with Gasteiger partial charge in [0.25, 0.3) is 0 Å². The molecule has 0 atom stereocenters. The zero-order valence-electron chi connectivity index (χ0n) is 15.8. The maximum absolute atomic E-state index is 10.9. The average molecular weight is 408 g/mol. The second kappa shape index (κ2) is 7.81. The molecule has 1 N–H and O–H groups in total. The van der Waals surface area contributed by atoms with Gasteiger partial charge in [0.15, 0.2) is 0 Å². The molecule has 0 radical (unpaired) electrons. The Kier molecular flexibility index (Phi) is 5.05. The van der Waals surface area contributed by atoms with Crippen molar-refractivity contribution in [3.05, 3.63) is 65.8 Å². The quantitative estimate of drug-likeness (QED) is 0.467. The van der Waals surface area contributed by atoms with Crippen LogP contribution in [0.5, 0.6) is 11.5 Å². The van der Waals surface area contributed by atoms with Crippen LogP contribution in [0.15, 0.2) is 60.8 Å². The molecule has 0 aliphatic heterocycles. The lowest BCUT2D eigenvalue weighted by molar-refractivity contribution is -0.107. The molecule has 0 unspecified atom stereocenters. The van der Waals surface area contributed by atoms with Gasteiger partial charge in [0, 0.05) is 43.1 Å². The van der Waals surface area contributed by atoms with Crippen molar-refractivity contribution < 1.29 is 9.53 Å². The molecule has 4 rings (SSSR count). The van der Waals surface area contributed by atoms with Gasteiger partial charge in [-0.25, -0.2) is 9.97 Å². The van der Waals surface area contributed by atoms with Crippen LogP contribution in [0.4, 0.5) is 17.5 Å². The minimum Gasteiger partial charge on any atom is -0.457 e. The third-order valence-electron chi connectivity index (χ3n) is 4.41. The summed E-state index contributed by atoms with van der Waals surface area (Å²) in [5.41, 5.74) is 2.60. The molecule has 1 amide bonds. The van der Waals surface area contributed by atoms with Crippen LogP contribution >= 0.6 is 11.6 Å². The number of ether oxygens (including phenoxy) is 1. The van der Waals surface area contributed by atoms with Crippen molar-refractivity contribution >= 4 is 46.5 Å². The van der Waals surface area contributed by atoms with Gasteiger partial charge in [0.1, 0.15) is 17.3 Å². The molecule has 0 spiro atoms. The summed E-state index contributed by atoms with van der Waals surface area (Å²) in [4.78, 5) is 21.1. The van der Waals surface area contributed by atoms with Crippen LogP contribution in [0.3, 0.4) is 0 Å². The summed E-state index contributed by atoms with van der Waals surface area (Å²) in [6, 6.07) is 16.6. The fraction of sp³-hybridized carbons (Fsp3) is 0.0952. The lowest BCUT2D eigenvalue weighted by Crippen LogP contribution is -2.14. The summed E-state index contributed by atoms with van der Waals surface area (Å²) in [5.74, 6) is 2.41. The Balaban J connectivity index is 1.60. The Bertz CT molecular complexity index is 1190. The monoisotopic (exact) mass is 407 g/mol. The van der Waals surface area contributed by atoms with Gasteiger partial charge in [0.2, 0.25) is 12.4 Å². The largest absolute Gasteiger partial charge is 0.457 e. The first-order chi connectivity index (χ1) is 14.0. The van der Waals surface area contributed by atoms with Crippen LogP contribution in [0, 0.1) is 0 Å². The number of aromatic nitrogens is 3. The standard InChI is InChI=1S/C21H18ClN5O2/c1-26(13-28)20-12-17(8-9-23-20)29-16-6-7-19-18(11-16)25-21(27(19)2)24-15-5-3-4-14(22)10-15/h3-13H,1-2H3,(H,24,25). The number of nitrogens with one attached hydrogen (secondary N) is 1. The lowest BCUT2D eigenvalue weighted by atomic mass is 10.3. The molecule has 8 heteroatoms. The molecule has 2 aromatic heterocycles. The molecule has 2 aromatic carbocycles.